The van der Waals surface area contributed by atoms with Crippen molar-refractivity contribution in [1.82, 2.24) is 10.3 Å². The highest BCUT2D eigenvalue weighted by atomic mass is 16.7. The fraction of sp³-hybridized carbons (Fsp3) is 0.600. The molecule has 31 heavy (non-hydrogen) atoms. The van der Waals surface area contributed by atoms with Crippen molar-refractivity contribution in [2.45, 2.75) is 26.6 Å². The van der Waals surface area contributed by atoms with Crippen LogP contribution in [0.15, 0.2) is 30.2 Å². The third-order valence-electron chi connectivity index (χ3n) is 4.61. The van der Waals surface area contributed by atoms with Crippen LogP contribution in [0.2, 0.25) is 0 Å². The molecule has 0 saturated heterocycles. The van der Waals surface area contributed by atoms with Crippen molar-refractivity contribution in [1.29, 1.82) is 0 Å². The number of ether oxygens (including phenoxy) is 3. The molecule has 2 rings (SSSR count). The predicted octanol–water partition coefficient (Wildman–Crippen LogP) is 1.45. The van der Waals surface area contributed by atoms with E-state index in [0.717, 1.165) is 0 Å². The number of aliphatic hydroxyl groups excluding tert-OH is 1. The second-order valence-electron chi connectivity index (χ2n) is 7.27. The Labute approximate surface area is 180 Å². The first-order chi connectivity index (χ1) is 14.9. The van der Waals surface area contributed by atoms with Crippen LogP contribution < -0.4 is 10.6 Å². The Balaban J connectivity index is 1.79. The van der Waals surface area contributed by atoms with E-state index in [1.165, 1.54) is 18.3 Å². The first-order valence-corrected chi connectivity index (χ1v) is 10.2. The minimum Gasteiger partial charge on any atom is -0.459 e. The van der Waals surface area contributed by atoms with E-state index >= 15 is 0 Å². The molecule has 0 saturated carbocycles. The van der Waals surface area contributed by atoms with E-state index < -0.39 is 11.2 Å². The van der Waals surface area contributed by atoms with Gasteiger partial charge in [-0.25, -0.2) is 4.98 Å². The number of nitrogens with one attached hydrogen (secondary N) is 2. The molecule has 0 bridgehead atoms. The lowest BCUT2D eigenvalue weighted by molar-refractivity contribution is -0.385. The average Bonchev–Trinajstić information content (AvgIpc) is 2.76. The molecule has 3 N–H and O–H groups in total. The molecule has 1 amide bonds. The molecule has 2 heterocycles. The monoisotopic (exact) mass is 438 g/mol. The molecule has 172 valence electrons. The molecule has 11 heteroatoms. The van der Waals surface area contributed by atoms with Gasteiger partial charge in [0.2, 0.25) is 6.29 Å². The summed E-state index contributed by atoms with van der Waals surface area (Å²) in [4.78, 5) is 26.6. The maximum atomic E-state index is 12.5. The smallest absolute Gasteiger partial charge is 0.287 e. The van der Waals surface area contributed by atoms with Gasteiger partial charge in [-0.1, -0.05) is 13.8 Å². The van der Waals surface area contributed by atoms with Crippen molar-refractivity contribution in [2.75, 3.05) is 44.8 Å². The summed E-state index contributed by atoms with van der Waals surface area (Å²) >= 11 is 0. The van der Waals surface area contributed by atoms with E-state index in [-0.39, 0.29) is 36.5 Å². The second-order valence-corrected chi connectivity index (χ2v) is 7.27. The van der Waals surface area contributed by atoms with Crippen LogP contribution in [-0.2, 0) is 19.0 Å². The van der Waals surface area contributed by atoms with Gasteiger partial charge < -0.3 is 30.0 Å². The highest BCUT2D eigenvalue weighted by Crippen LogP contribution is 2.28. The molecule has 1 aliphatic rings. The minimum absolute atomic E-state index is 0.0441. The number of anilines is 1. The zero-order valence-electron chi connectivity index (χ0n) is 17.8. The number of allylic oxidation sites excluding steroid dienone is 1. The van der Waals surface area contributed by atoms with Crippen molar-refractivity contribution in [3.8, 4) is 0 Å². The van der Waals surface area contributed by atoms with Crippen molar-refractivity contribution >= 4 is 17.4 Å². The van der Waals surface area contributed by atoms with Crippen LogP contribution in [0.4, 0.5) is 11.5 Å². The standard InChI is InChI=1S/C20H30N4O7/c1-14(2)15-11-17(31-19(12-15)30-10-9-29-8-7-25)20(26)22-6-5-21-18-4-3-16(13-23-18)24(27)28/h3-4,11,13-15,19,25H,5-10,12H2,1-2H3,(H,21,23)(H,22,26)/t15-,19+/m1/s1. The van der Waals surface area contributed by atoms with E-state index in [0.29, 0.717) is 44.5 Å². The van der Waals surface area contributed by atoms with E-state index in [2.05, 4.69) is 29.5 Å². The van der Waals surface area contributed by atoms with Crippen molar-refractivity contribution in [3.05, 3.63) is 40.3 Å². The van der Waals surface area contributed by atoms with Gasteiger partial charge >= 0.3 is 0 Å². The number of amides is 1. The van der Waals surface area contributed by atoms with Gasteiger partial charge in [0.25, 0.3) is 11.6 Å². The highest BCUT2D eigenvalue weighted by molar-refractivity contribution is 5.91. The number of carbonyl (C=O) groups is 1. The maximum absolute atomic E-state index is 12.5. The topological polar surface area (TPSA) is 145 Å². The summed E-state index contributed by atoms with van der Waals surface area (Å²) in [5.41, 5.74) is -0.0864. The summed E-state index contributed by atoms with van der Waals surface area (Å²) in [7, 11) is 0. The lowest BCUT2D eigenvalue weighted by atomic mass is 9.90. The Morgan fingerprint density at radius 3 is 2.81 bits per heavy atom. The van der Waals surface area contributed by atoms with Crippen molar-refractivity contribution < 1.29 is 29.0 Å². The predicted molar refractivity (Wildman–Crippen MR) is 112 cm³/mol. The summed E-state index contributed by atoms with van der Waals surface area (Å²) < 4.78 is 16.6. The van der Waals surface area contributed by atoms with Gasteiger partial charge in [-0.15, -0.1) is 0 Å². The van der Waals surface area contributed by atoms with Crippen LogP contribution >= 0.6 is 0 Å². The number of nitro groups is 1. The molecule has 0 unspecified atom stereocenters. The van der Waals surface area contributed by atoms with Gasteiger partial charge in [-0.2, -0.15) is 0 Å². The van der Waals surface area contributed by atoms with E-state index in [9.17, 15) is 14.9 Å². The Bertz CT molecular complexity index is 740. The number of hydrogen-bond acceptors (Lipinski definition) is 9. The van der Waals surface area contributed by atoms with E-state index in [4.69, 9.17) is 19.3 Å². The largest absolute Gasteiger partial charge is 0.459 e. The van der Waals surface area contributed by atoms with Gasteiger partial charge in [0.05, 0.1) is 31.4 Å². The third-order valence-corrected chi connectivity index (χ3v) is 4.61. The number of hydrogen-bond donors (Lipinski definition) is 3. The van der Waals surface area contributed by atoms with Gasteiger partial charge in [0, 0.05) is 25.6 Å². The summed E-state index contributed by atoms with van der Waals surface area (Å²) in [6, 6.07) is 2.86. The molecule has 0 aliphatic carbocycles. The minimum atomic E-state index is -0.543. The molecule has 2 atom stereocenters. The molecule has 1 aromatic rings. The summed E-state index contributed by atoms with van der Waals surface area (Å²) in [5, 5.41) is 25.1. The van der Waals surface area contributed by atoms with E-state index in [1.54, 1.807) is 0 Å². The third kappa shape index (κ3) is 8.48. The summed E-state index contributed by atoms with van der Waals surface area (Å²) in [6.45, 7) is 5.69. The molecule has 0 spiro atoms. The highest BCUT2D eigenvalue weighted by Gasteiger charge is 2.29. The van der Waals surface area contributed by atoms with E-state index in [1.807, 2.05) is 6.08 Å². The van der Waals surface area contributed by atoms with Gasteiger partial charge in [0.15, 0.2) is 5.76 Å². The first-order valence-electron chi connectivity index (χ1n) is 10.2. The SMILES string of the molecule is CC(C)[C@@H]1C=C(C(=O)NCCNc2ccc([N+](=O)[O-])cn2)O[C@H](OCCOCCO)C1. The second kappa shape index (κ2) is 12.8. The lowest BCUT2D eigenvalue weighted by Gasteiger charge is -2.30. The molecule has 0 radical (unpaired) electrons. The van der Waals surface area contributed by atoms with Crippen LogP contribution in [0.1, 0.15) is 20.3 Å². The molecule has 0 fully saturated rings. The number of nitrogens with zero attached hydrogens (tertiary/aromatic N) is 2. The summed E-state index contributed by atoms with van der Waals surface area (Å²) in [6.07, 6.45) is 3.09. The van der Waals surface area contributed by atoms with Crippen molar-refractivity contribution in [2.24, 2.45) is 11.8 Å². The fourth-order valence-corrected chi connectivity index (χ4v) is 2.87. The zero-order valence-corrected chi connectivity index (χ0v) is 17.8. The number of aromatic nitrogens is 1. The maximum Gasteiger partial charge on any atom is 0.287 e. The number of pyridine rings is 1. The molecule has 11 nitrogen and oxygen atoms in total. The average molecular weight is 438 g/mol. The van der Waals surface area contributed by atoms with Gasteiger partial charge in [-0.05, 0) is 24.0 Å². The normalized spacial score (nSPS) is 18.3. The quantitative estimate of drug-likeness (QED) is 0.237. The molecule has 1 aliphatic heterocycles. The Morgan fingerprint density at radius 1 is 1.35 bits per heavy atom. The number of rotatable bonds is 13. The van der Waals surface area contributed by atoms with Crippen molar-refractivity contribution in [3.63, 3.8) is 0 Å². The zero-order chi connectivity index (χ0) is 22.6. The summed E-state index contributed by atoms with van der Waals surface area (Å²) in [5.74, 6) is 0.817. The van der Waals surface area contributed by atoms with Gasteiger partial charge in [-0.3, -0.25) is 14.9 Å². The van der Waals surface area contributed by atoms with Crippen LogP contribution in [0, 0.1) is 22.0 Å². The molecule has 1 aromatic heterocycles. The molecule has 0 aromatic carbocycles. The first kappa shape index (κ1) is 24.5. The lowest BCUT2D eigenvalue weighted by Crippen LogP contribution is -2.36. The molecular weight excluding hydrogens is 408 g/mol. The Kier molecular flexibility index (Phi) is 10.1. The number of aliphatic hydroxyl groups is 1. The van der Waals surface area contributed by atoms with Crippen LogP contribution in [0.3, 0.4) is 0 Å². The molecular formula is C20H30N4O7. The van der Waals surface area contributed by atoms with Gasteiger partial charge in [0.1, 0.15) is 12.0 Å². The Morgan fingerprint density at radius 2 is 2.16 bits per heavy atom. The Hall–Kier alpha value is -2.76. The van der Waals surface area contributed by atoms with Crippen LogP contribution in [0.5, 0.6) is 0 Å². The van der Waals surface area contributed by atoms with Crippen LogP contribution in [-0.4, -0.2) is 66.7 Å². The fourth-order valence-electron chi connectivity index (χ4n) is 2.87. The van der Waals surface area contributed by atoms with Crippen LogP contribution in [0.25, 0.3) is 0 Å². The number of carbonyl (C=O) groups excluding carboxylic acids is 1.